The number of nitrogen functional groups attached to an aromatic ring is 1. The third-order valence-electron chi connectivity index (χ3n) is 1.86. The summed E-state index contributed by atoms with van der Waals surface area (Å²) in [5.41, 5.74) is 8.10. The third-order valence-corrected chi connectivity index (χ3v) is 2.50. The summed E-state index contributed by atoms with van der Waals surface area (Å²) in [5, 5.41) is 0. The van der Waals surface area contributed by atoms with E-state index in [1.165, 1.54) is 0 Å². The summed E-state index contributed by atoms with van der Waals surface area (Å²) in [5.74, 6) is 0.486. The van der Waals surface area contributed by atoms with Crippen LogP contribution in [-0.2, 0) is 0 Å². The Morgan fingerprint density at radius 3 is 2.85 bits per heavy atom. The molecule has 0 aliphatic rings. The average Bonchev–Trinajstić information content (AvgIpc) is 2.09. The van der Waals surface area contributed by atoms with E-state index >= 15 is 0 Å². The Hall–Kier alpha value is -1.16. The molecule has 0 saturated carbocycles. The molecule has 0 aliphatic heterocycles. The molecule has 2 N–H and O–H groups in total. The molecule has 0 atom stereocenters. The molecule has 0 saturated heterocycles. The van der Waals surface area contributed by atoms with Crippen LogP contribution in [0.1, 0.15) is 5.69 Å². The zero-order valence-corrected chi connectivity index (χ0v) is 8.67. The lowest BCUT2D eigenvalue weighted by molar-refractivity contribution is 1.19. The highest BCUT2D eigenvalue weighted by molar-refractivity contribution is 9.10. The van der Waals surface area contributed by atoms with Gasteiger partial charge in [0.25, 0.3) is 0 Å². The fourth-order valence-electron chi connectivity index (χ4n) is 1.14. The number of halogens is 1. The number of nitrogens with two attached hydrogens (primary N) is 1. The number of rotatable bonds is 0. The molecular formula is C9H8BrN3. The van der Waals surface area contributed by atoms with Crippen molar-refractivity contribution < 1.29 is 0 Å². The van der Waals surface area contributed by atoms with Crippen molar-refractivity contribution in [1.29, 1.82) is 0 Å². The summed E-state index contributed by atoms with van der Waals surface area (Å²) in [6, 6.07) is 5.77. The molecule has 0 fully saturated rings. The van der Waals surface area contributed by atoms with Gasteiger partial charge < -0.3 is 5.73 Å². The van der Waals surface area contributed by atoms with Crippen LogP contribution in [0.25, 0.3) is 11.0 Å². The first-order chi connectivity index (χ1) is 6.18. The number of hydrogen-bond acceptors (Lipinski definition) is 3. The van der Waals surface area contributed by atoms with Crippen LogP contribution >= 0.6 is 15.9 Å². The molecule has 0 unspecified atom stereocenters. The van der Waals surface area contributed by atoms with E-state index in [0.29, 0.717) is 5.82 Å². The van der Waals surface area contributed by atoms with Gasteiger partial charge in [-0.25, -0.2) is 9.97 Å². The van der Waals surface area contributed by atoms with Crippen molar-refractivity contribution in [1.82, 2.24) is 9.97 Å². The average molecular weight is 238 g/mol. The molecule has 0 spiro atoms. The Kier molecular flexibility index (Phi) is 1.92. The number of para-hydroxylation sites is 1. The van der Waals surface area contributed by atoms with Gasteiger partial charge in [0.2, 0.25) is 0 Å². The van der Waals surface area contributed by atoms with Crippen molar-refractivity contribution in [3.63, 3.8) is 0 Å². The Balaban J connectivity index is 2.89. The lowest BCUT2D eigenvalue weighted by Crippen LogP contribution is -1.97. The Morgan fingerprint density at radius 2 is 2.08 bits per heavy atom. The van der Waals surface area contributed by atoms with Crippen molar-refractivity contribution >= 4 is 32.8 Å². The summed E-state index contributed by atoms with van der Waals surface area (Å²) in [7, 11) is 0. The van der Waals surface area contributed by atoms with Crippen molar-refractivity contribution in [2.45, 2.75) is 6.92 Å². The van der Waals surface area contributed by atoms with E-state index in [0.717, 1.165) is 21.2 Å². The van der Waals surface area contributed by atoms with Crippen LogP contribution in [0.5, 0.6) is 0 Å². The van der Waals surface area contributed by atoms with Gasteiger partial charge in [0.1, 0.15) is 11.3 Å². The van der Waals surface area contributed by atoms with Crippen LogP contribution < -0.4 is 5.73 Å². The standard InChI is InChI=1S/C9H8BrN3/c1-5-9(11)13-8-6(10)3-2-4-7(8)12-5/h2-4H,1H3,(H2,11,13). The van der Waals surface area contributed by atoms with Crippen molar-refractivity contribution in [3.8, 4) is 0 Å². The van der Waals surface area contributed by atoms with Crippen molar-refractivity contribution in [3.05, 3.63) is 28.4 Å². The molecule has 13 heavy (non-hydrogen) atoms. The second-order valence-electron chi connectivity index (χ2n) is 2.80. The fraction of sp³-hybridized carbons (Fsp3) is 0.111. The fourth-order valence-corrected chi connectivity index (χ4v) is 1.59. The van der Waals surface area contributed by atoms with Gasteiger partial charge in [0.15, 0.2) is 0 Å². The van der Waals surface area contributed by atoms with Crippen LogP contribution in [0.3, 0.4) is 0 Å². The normalized spacial score (nSPS) is 10.6. The van der Waals surface area contributed by atoms with Gasteiger partial charge in [-0.15, -0.1) is 0 Å². The first-order valence-corrected chi connectivity index (χ1v) is 4.66. The van der Waals surface area contributed by atoms with E-state index in [-0.39, 0.29) is 0 Å². The van der Waals surface area contributed by atoms with E-state index in [1.54, 1.807) is 0 Å². The summed E-state index contributed by atoms with van der Waals surface area (Å²) in [6.45, 7) is 1.85. The monoisotopic (exact) mass is 237 g/mol. The second-order valence-corrected chi connectivity index (χ2v) is 3.66. The predicted molar refractivity (Wildman–Crippen MR) is 56.4 cm³/mol. The summed E-state index contributed by atoms with van der Waals surface area (Å²) < 4.78 is 0.921. The van der Waals surface area contributed by atoms with Crippen LogP contribution in [0.2, 0.25) is 0 Å². The van der Waals surface area contributed by atoms with Crippen molar-refractivity contribution in [2.75, 3.05) is 5.73 Å². The minimum Gasteiger partial charge on any atom is -0.382 e. The highest BCUT2D eigenvalue weighted by Gasteiger charge is 2.03. The Bertz CT molecular complexity index is 468. The number of anilines is 1. The van der Waals surface area contributed by atoms with E-state index in [9.17, 15) is 0 Å². The first kappa shape index (κ1) is 8.44. The van der Waals surface area contributed by atoms with E-state index in [4.69, 9.17) is 5.73 Å². The maximum absolute atomic E-state index is 5.66. The zero-order chi connectivity index (χ0) is 9.42. The van der Waals surface area contributed by atoms with Gasteiger partial charge in [-0.1, -0.05) is 6.07 Å². The Labute approximate surface area is 84.1 Å². The molecule has 0 radical (unpaired) electrons. The van der Waals surface area contributed by atoms with Gasteiger partial charge >= 0.3 is 0 Å². The molecule has 4 heteroatoms. The largest absolute Gasteiger partial charge is 0.382 e. The molecule has 2 aromatic rings. The van der Waals surface area contributed by atoms with Crippen molar-refractivity contribution in [2.24, 2.45) is 0 Å². The summed E-state index contributed by atoms with van der Waals surface area (Å²) >= 11 is 3.40. The van der Waals surface area contributed by atoms with E-state index in [1.807, 2.05) is 25.1 Å². The summed E-state index contributed by atoms with van der Waals surface area (Å²) in [6.07, 6.45) is 0. The number of hydrogen-bond donors (Lipinski definition) is 1. The van der Waals surface area contributed by atoms with Gasteiger partial charge in [-0.05, 0) is 35.0 Å². The quantitative estimate of drug-likeness (QED) is 0.765. The Morgan fingerprint density at radius 1 is 1.31 bits per heavy atom. The highest BCUT2D eigenvalue weighted by atomic mass is 79.9. The molecule has 0 aliphatic carbocycles. The molecule has 0 bridgehead atoms. The SMILES string of the molecule is Cc1nc2cccc(Br)c2nc1N. The minimum absolute atomic E-state index is 0.486. The molecule has 0 amide bonds. The molecule has 66 valence electrons. The van der Waals surface area contributed by atoms with Gasteiger partial charge in [0, 0.05) is 4.47 Å². The minimum atomic E-state index is 0.486. The van der Waals surface area contributed by atoms with E-state index < -0.39 is 0 Å². The molecule has 2 rings (SSSR count). The van der Waals surface area contributed by atoms with Gasteiger partial charge in [-0.2, -0.15) is 0 Å². The number of benzene rings is 1. The predicted octanol–water partition coefficient (Wildman–Crippen LogP) is 2.28. The molecule has 3 nitrogen and oxygen atoms in total. The molecule has 1 heterocycles. The smallest absolute Gasteiger partial charge is 0.145 e. The number of aryl methyl sites for hydroxylation is 1. The van der Waals surface area contributed by atoms with Crippen LogP contribution in [-0.4, -0.2) is 9.97 Å². The third kappa shape index (κ3) is 1.37. The van der Waals surface area contributed by atoms with Crippen LogP contribution in [0, 0.1) is 6.92 Å². The van der Waals surface area contributed by atoms with Crippen LogP contribution in [0.4, 0.5) is 5.82 Å². The second kappa shape index (κ2) is 2.96. The topological polar surface area (TPSA) is 51.8 Å². The number of nitrogens with zero attached hydrogens (tertiary/aromatic N) is 2. The van der Waals surface area contributed by atoms with Gasteiger partial charge in [0.05, 0.1) is 11.2 Å². The molecular weight excluding hydrogens is 230 g/mol. The first-order valence-electron chi connectivity index (χ1n) is 3.87. The molecule has 1 aromatic heterocycles. The number of fused-ring (bicyclic) bond motifs is 1. The maximum atomic E-state index is 5.66. The van der Waals surface area contributed by atoms with E-state index in [2.05, 4.69) is 25.9 Å². The number of aromatic nitrogens is 2. The highest BCUT2D eigenvalue weighted by Crippen LogP contribution is 2.22. The maximum Gasteiger partial charge on any atom is 0.145 e. The van der Waals surface area contributed by atoms with Gasteiger partial charge in [-0.3, -0.25) is 0 Å². The summed E-state index contributed by atoms with van der Waals surface area (Å²) in [4.78, 5) is 8.56. The lowest BCUT2D eigenvalue weighted by Gasteiger charge is -2.02. The zero-order valence-electron chi connectivity index (χ0n) is 7.08. The molecule has 1 aromatic carbocycles. The van der Waals surface area contributed by atoms with Crippen LogP contribution in [0.15, 0.2) is 22.7 Å². The lowest BCUT2D eigenvalue weighted by atomic mass is 10.3.